The zero-order valence-corrected chi connectivity index (χ0v) is 77.7. The van der Waals surface area contributed by atoms with Crippen molar-refractivity contribution in [2.24, 2.45) is 0 Å². The molecule has 0 radical (unpaired) electrons. The minimum Gasteiger partial charge on any atom is -0.383 e. The summed E-state index contributed by atoms with van der Waals surface area (Å²) >= 11 is 0. The van der Waals surface area contributed by atoms with Crippen LogP contribution in [0.4, 0.5) is 29.1 Å². The average molecular weight is 1840 g/mol. The zero-order valence-electron chi connectivity index (χ0n) is 77.7. The van der Waals surface area contributed by atoms with Crippen LogP contribution in [0.5, 0.6) is 0 Å². The molecule has 7 fully saturated rings. The molecule has 17 heterocycles. The maximum Gasteiger partial charge on any atom is 0.169 e. The van der Waals surface area contributed by atoms with Crippen LogP contribution >= 0.6 is 0 Å². The number of nitrogen functional groups attached to an aromatic ring is 5. The first kappa shape index (κ1) is 83.9. The van der Waals surface area contributed by atoms with Crippen molar-refractivity contribution in [1.82, 2.24) is 108 Å². The minimum atomic E-state index is 0.130. The summed E-state index contributed by atoms with van der Waals surface area (Å²) in [6.45, 7) is 9.13. The van der Waals surface area contributed by atoms with Gasteiger partial charge >= 0.3 is 0 Å². The maximum absolute atomic E-state index is 13.0. The molecule has 30 rings (SSSR count). The number of Topliss-reactive ketones (excluding diaryl/α,β-unsaturated/α-hetero) is 1. The number of ketones is 1. The molecule has 1 aromatic carbocycles. The number of aromatic nitrogens is 22. The van der Waals surface area contributed by atoms with E-state index >= 15 is 0 Å². The van der Waals surface area contributed by atoms with E-state index in [-0.39, 0.29) is 5.78 Å². The molecule has 18 aromatic rings. The van der Waals surface area contributed by atoms with Crippen molar-refractivity contribution in [3.63, 3.8) is 0 Å². The Morgan fingerprint density at radius 1 is 0.297 bits per heavy atom. The molecule has 138 heavy (non-hydrogen) atoms. The van der Waals surface area contributed by atoms with Gasteiger partial charge in [-0.3, -0.25) is 23.5 Å². The third-order valence-corrected chi connectivity index (χ3v) is 31.4. The molecule has 698 valence electrons. The Kier molecular flexibility index (Phi) is 20.1. The molecular weight excluding hydrogens is 1740 g/mol. The molecule has 33 nitrogen and oxygen atoms in total. The van der Waals surface area contributed by atoms with Gasteiger partial charge in [0.1, 0.15) is 129 Å². The molecule has 4 unspecified atom stereocenters. The summed E-state index contributed by atoms with van der Waals surface area (Å²) in [6.07, 6.45) is 43.6. The molecule has 0 amide bonds. The number of nitrogens with two attached hydrogens (primary N) is 5. The number of fused-ring (bicyclic) bond motifs is 25. The fraction of sp³-hybridized carbons (Fsp3) is 0.410. The van der Waals surface area contributed by atoms with Crippen molar-refractivity contribution < 1.29 is 27.4 Å². The van der Waals surface area contributed by atoms with E-state index in [0.717, 1.165) is 246 Å². The molecule has 0 saturated heterocycles. The Morgan fingerprint density at radius 3 is 1.03 bits per heavy atom. The topological polar surface area (TPSA) is 457 Å². The van der Waals surface area contributed by atoms with E-state index in [9.17, 15) is 4.79 Å². The van der Waals surface area contributed by atoms with Crippen LogP contribution in [0.3, 0.4) is 0 Å². The number of carbonyl (C=O) groups is 1. The first-order valence-corrected chi connectivity index (χ1v) is 49.8. The molecule has 12 aliphatic rings. The second-order valence-electron chi connectivity index (χ2n) is 40.3. The highest BCUT2D eigenvalue weighted by Crippen LogP contribution is 2.59. The van der Waals surface area contributed by atoms with Crippen LogP contribution in [-0.2, 0) is 32.1 Å². The standard InChI is InChI=1S/C22H21N5O.2C21H20N6O.C21H25N5O.C20H21N5O2/c1-12-7-10-15-17(19-16(12)20(28-26-19)13-8-9-13)18-21(23)24-11-25-22(18)27(15)14-5-3-2-4-6-14;1-11-4-7-14-16(18-15(11)19(28-26-18)12-5-6-12)17-20(22)24-10-25-21(17)27(14)13-3-2-8-23-9-13;1-11-5-8-13-16(18-15(11)19(28-26-18)12-6-7-12)17-20(22)24-10-25-21(17)27(13)14-4-2-3-9-23-14;1-11-6-9-14-16(18-15(11)19(27-25-18)12-7-8-12)17-20(22)23-10-24-21(17)26(14)13-4-2-3-5-13;21-19-16-14-12(25(11-3-1-2-4-11)20(16)23-9-22-19)7-8-13(26)15-17(14)24-27-18(15)10-5-6-10/h2-6,11-13H,7-10H2,1H3,(H2,23,24,25);2-3,8-12H,4-7H2,1H3,(H2,22,24,25);2-4,9-12H,5-8H2,1H3,(H2,22,24,25);10-13H,2-9H2,1H3,(H2,22,23,24);9-11H,1-8H2,(H2,21,22,23). The fourth-order valence-electron chi connectivity index (χ4n) is 24.0. The summed E-state index contributed by atoms with van der Waals surface area (Å²) in [5.41, 5.74) is 59.3. The van der Waals surface area contributed by atoms with E-state index < -0.39 is 0 Å². The normalized spacial score (nSPS) is 19.8. The van der Waals surface area contributed by atoms with Gasteiger partial charge in [-0.25, -0.2) is 54.8 Å². The van der Waals surface area contributed by atoms with Crippen LogP contribution < -0.4 is 28.7 Å². The maximum atomic E-state index is 13.0. The van der Waals surface area contributed by atoms with Gasteiger partial charge in [0.25, 0.3) is 0 Å². The lowest BCUT2D eigenvalue weighted by Crippen LogP contribution is -2.10. The second-order valence-corrected chi connectivity index (χ2v) is 40.3. The van der Waals surface area contributed by atoms with E-state index in [2.05, 4.69) is 148 Å². The molecule has 7 saturated carbocycles. The molecule has 4 atom stereocenters. The first-order valence-electron chi connectivity index (χ1n) is 49.8. The Labute approximate surface area is 792 Å². The lowest BCUT2D eigenvalue weighted by molar-refractivity contribution is 0.0981. The molecule has 17 aromatic heterocycles. The molecule has 10 N–H and O–H groups in total. The number of anilines is 5. The average Bonchev–Trinajstić information content (AvgIpc) is 1.58. The molecule has 33 heteroatoms. The van der Waals surface area contributed by atoms with Crippen LogP contribution in [0.15, 0.2) is 134 Å². The van der Waals surface area contributed by atoms with Gasteiger partial charge in [0, 0.05) is 145 Å². The van der Waals surface area contributed by atoms with Crippen molar-refractivity contribution in [3.8, 4) is 73.5 Å². The molecule has 12 aliphatic carbocycles. The number of carbonyl (C=O) groups excluding carboxylic acids is 1. The van der Waals surface area contributed by atoms with Crippen LogP contribution in [0.2, 0.25) is 0 Å². The van der Waals surface area contributed by atoms with Crippen molar-refractivity contribution in [1.29, 1.82) is 0 Å². The number of hydrogen-bond donors (Lipinski definition) is 5. The third kappa shape index (κ3) is 13.7. The van der Waals surface area contributed by atoms with Gasteiger partial charge in [-0.1, -0.05) is 103 Å². The first-order chi connectivity index (χ1) is 67.7. The SMILES string of the molecule is CC1CCc2c(c3c(N)ncnc3n2-c2ccccc2)-c2noc(C3CC3)c21.CC1CCc2c(c3c(N)ncnc3n2-c2ccccn2)-c2noc(C3CC3)c21.CC1CCc2c(c3c(N)ncnc3n2-c2cccnc2)-c2noc(C3CC3)c21.CC1CCc2c(c3c(N)ncnc3n2C2CCCC2)-c2noc(C3CC3)c21.Nc1ncnc2c1c1c(n2C2CCCC2)CCC(=O)c2c-1noc2C1CC1. The number of pyridine rings is 2. The summed E-state index contributed by atoms with van der Waals surface area (Å²) in [4.78, 5) is 66.3. The number of benzene rings is 1. The number of para-hydroxylation sites is 1. The van der Waals surface area contributed by atoms with E-state index in [1.807, 2.05) is 54.7 Å². The Bertz CT molecular complexity index is 7410. The Morgan fingerprint density at radius 2 is 0.630 bits per heavy atom. The Balaban J connectivity index is 0.0000000891. The van der Waals surface area contributed by atoms with Crippen LogP contribution in [0, 0.1) is 0 Å². The van der Waals surface area contributed by atoms with Crippen molar-refractivity contribution in [2.75, 3.05) is 28.7 Å². The van der Waals surface area contributed by atoms with E-state index in [1.165, 1.54) is 143 Å². The second kappa shape index (κ2) is 33.1. The predicted octanol–water partition coefficient (Wildman–Crippen LogP) is 21.0. The number of rotatable bonds is 10. The summed E-state index contributed by atoms with van der Waals surface area (Å²) in [5, 5.41) is 27.0. The van der Waals surface area contributed by atoms with Crippen molar-refractivity contribution in [2.45, 2.75) is 273 Å². The van der Waals surface area contributed by atoms with E-state index in [0.29, 0.717) is 119 Å². The van der Waals surface area contributed by atoms with Gasteiger partial charge in [0.15, 0.2) is 28.5 Å². The zero-order chi connectivity index (χ0) is 92.7. The predicted molar refractivity (Wildman–Crippen MR) is 521 cm³/mol. The quantitative estimate of drug-likeness (QED) is 0.0849. The van der Waals surface area contributed by atoms with Crippen molar-refractivity contribution in [3.05, 3.63) is 196 Å². The Hall–Kier alpha value is -14.7. The number of nitrogens with zero attached hydrogens (tertiary/aromatic N) is 22. The molecule has 0 spiro atoms. The van der Waals surface area contributed by atoms with Gasteiger partial charge in [-0.15, -0.1) is 0 Å². The van der Waals surface area contributed by atoms with Crippen LogP contribution in [-0.4, -0.2) is 114 Å². The fourth-order valence-corrected chi connectivity index (χ4v) is 24.0. The van der Waals surface area contributed by atoms with Gasteiger partial charge in [-0.2, -0.15) is 0 Å². The largest absolute Gasteiger partial charge is 0.383 e. The summed E-state index contributed by atoms with van der Waals surface area (Å²) in [7, 11) is 0. The lowest BCUT2D eigenvalue weighted by Gasteiger charge is -2.17. The van der Waals surface area contributed by atoms with Crippen LogP contribution in [0.1, 0.15) is 331 Å². The van der Waals surface area contributed by atoms with Gasteiger partial charge in [0.05, 0.1) is 44.4 Å². The number of hydrogen-bond acceptors (Lipinski definition) is 28. The molecule has 0 bridgehead atoms. The van der Waals surface area contributed by atoms with Gasteiger partial charge < -0.3 is 60.4 Å². The van der Waals surface area contributed by atoms with Gasteiger partial charge in [-0.05, 0) is 208 Å². The highest BCUT2D eigenvalue weighted by atomic mass is 16.5. The summed E-state index contributed by atoms with van der Waals surface area (Å²) in [5.74, 6) is 12.5. The van der Waals surface area contributed by atoms with E-state index in [4.69, 9.17) is 51.3 Å². The highest BCUT2D eigenvalue weighted by Gasteiger charge is 2.47. The van der Waals surface area contributed by atoms with E-state index in [1.54, 1.807) is 25.0 Å². The summed E-state index contributed by atoms with van der Waals surface area (Å²) in [6, 6.07) is 21.1. The molecular formula is C105H107N27O6. The summed E-state index contributed by atoms with van der Waals surface area (Å²) < 4.78 is 40.5. The van der Waals surface area contributed by atoms with Crippen molar-refractivity contribution >= 4 is 90.0 Å². The third-order valence-electron chi connectivity index (χ3n) is 31.4. The monoisotopic (exact) mass is 1840 g/mol. The van der Waals surface area contributed by atoms with Crippen LogP contribution in [0.25, 0.3) is 129 Å². The van der Waals surface area contributed by atoms with Gasteiger partial charge in [0.2, 0.25) is 0 Å². The highest BCUT2D eigenvalue weighted by molar-refractivity contribution is 6.12. The molecule has 0 aliphatic heterocycles. The lowest BCUT2D eigenvalue weighted by atomic mass is 9.94. The smallest absolute Gasteiger partial charge is 0.169 e. The minimum absolute atomic E-state index is 0.130.